The van der Waals surface area contributed by atoms with Crippen LogP contribution in [-0.4, -0.2) is 18.0 Å². The summed E-state index contributed by atoms with van der Waals surface area (Å²) in [7, 11) is 1.28. The van der Waals surface area contributed by atoms with Crippen LogP contribution in [0.15, 0.2) is 18.2 Å². The van der Waals surface area contributed by atoms with Gasteiger partial charge < -0.3 is 5.73 Å². The molecule has 4 nitrogen and oxygen atoms in total. The van der Waals surface area contributed by atoms with Gasteiger partial charge in [-0.15, -0.1) is 0 Å². The summed E-state index contributed by atoms with van der Waals surface area (Å²) in [5, 5.41) is 0.731. The molecule has 0 aromatic heterocycles. The Labute approximate surface area is 85.4 Å². The Balaban J connectivity index is 3.05. The summed E-state index contributed by atoms with van der Waals surface area (Å²) < 4.78 is 26.0. The van der Waals surface area contributed by atoms with E-state index in [0.717, 1.165) is 23.2 Å². The lowest BCUT2D eigenvalue weighted by molar-refractivity contribution is -0.131. The Hall–Kier alpha value is -1.53. The van der Waals surface area contributed by atoms with Crippen molar-refractivity contribution >= 4 is 5.91 Å². The van der Waals surface area contributed by atoms with Crippen LogP contribution in [0.3, 0.4) is 0 Å². The fourth-order valence-corrected chi connectivity index (χ4v) is 1.11. The van der Waals surface area contributed by atoms with E-state index in [2.05, 4.69) is 0 Å². The quantitative estimate of drug-likeness (QED) is 0.423. The molecule has 1 amide bonds. The predicted octanol–water partition coefficient (Wildman–Crippen LogP) is 0.297. The van der Waals surface area contributed by atoms with Gasteiger partial charge in [0, 0.05) is 12.6 Å². The molecule has 15 heavy (non-hydrogen) atoms. The van der Waals surface area contributed by atoms with E-state index in [1.807, 2.05) is 0 Å². The van der Waals surface area contributed by atoms with E-state index in [0.29, 0.717) is 0 Å². The zero-order valence-electron chi connectivity index (χ0n) is 8.08. The first-order valence-electron chi connectivity index (χ1n) is 4.16. The molecule has 82 valence electrons. The second-order valence-electron chi connectivity index (χ2n) is 3.09. The number of nitrogens with two attached hydrogens (primary N) is 2. The van der Waals surface area contributed by atoms with E-state index < -0.39 is 23.6 Å². The van der Waals surface area contributed by atoms with E-state index >= 15 is 0 Å². The number of rotatable bonds is 2. The van der Waals surface area contributed by atoms with Gasteiger partial charge in [-0.25, -0.2) is 14.6 Å². The van der Waals surface area contributed by atoms with Crippen molar-refractivity contribution in [3.8, 4) is 0 Å². The number of carbonyl (C=O) groups excluding carboxylic acids is 1. The zero-order valence-corrected chi connectivity index (χ0v) is 8.08. The largest absolute Gasteiger partial charge is 0.316 e. The zero-order chi connectivity index (χ0) is 11.6. The molecule has 1 unspecified atom stereocenters. The molecule has 1 atom stereocenters. The predicted molar refractivity (Wildman–Crippen MR) is 50.2 cm³/mol. The Morgan fingerprint density at radius 3 is 2.60 bits per heavy atom. The second kappa shape index (κ2) is 4.33. The van der Waals surface area contributed by atoms with Gasteiger partial charge >= 0.3 is 0 Å². The summed E-state index contributed by atoms with van der Waals surface area (Å²) in [6, 6.07) is 1.44. The van der Waals surface area contributed by atoms with E-state index in [4.69, 9.17) is 11.6 Å². The first kappa shape index (κ1) is 11.5. The highest BCUT2D eigenvalue weighted by atomic mass is 19.1. The van der Waals surface area contributed by atoms with Gasteiger partial charge in [-0.05, 0) is 18.2 Å². The molecule has 0 bridgehead atoms. The number of nitrogens with zero attached hydrogens (tertiary/aromatic N) is 1. The number of benzene rings is 1. The van der Waals surface area contributed by atoms with Crippen molar-refractivity contribution in [2.75, 3.05) is 7.05 Å². The molecule has 4 N–H and O–H groups in total. The normalized spacial score (nSPS) is 12.3. The van der Waals surface area contributed by atoms with Crippen molar-refractivity contribution in [2.24, 2.45) is 11.6 Å². The van der Waals surface area contributed by atoms with Crippen LogP contribution in [0, 0.1) is 11.6 Å². The first-order valence-corrected chi connectivity index (χ1v) is 4.16. The van der Waals surface area contributed by atoms with Gasteiger partial charge in [0.15, 0.2) is 0 Å². The van der Waals surface area contributed by atoms with Crippen LogP contribution in [0.1, 0.15) is 11.6 Å². The number of likely N-dealkylation sites (N-methyl/N-ethyl adjacent to an activating group) is 1. The van der Waals surface area contributed by atoms with Gasteiger partial charge in [0.25, 0.3) is 5.91 Å². The van der Waals surface area contributed by atoms with Crippen molar-refractivity contribution in [1.29, 1.82) is 0 Å². The standard InChI is InChI=1S/C9H11F2N3O/c1-14(13)9(15)8(12)6-4-5(10)2-3-7(6)11/h2-4,8H,12-13H2,1H3. The molecule has 0 saturated carbocycles. The highest BCUT2D eigenvalue weighted by molar-refractivity contribution is 5.82. The molecule has 6 heteroatoms. The van der Waals surface area contributed by atoms with E-state index in [9.17, 15) is 13.6 Å². The third kappa shape index (κ3) is 2.48. The van der Waals surface area contributed by atoms with Crippen molar-refractivity contribution in [3.63, 3.8) is 0 Å². The molecular formula is C9H11F2N3O. The lowest BCUT2D eigenvalue weighted by atomic mass is 10.1. The van der Waals surface area contributed by atoms with Crippen LogP contribution in [0.25, 0.3) is 0 Å². The van der Waals surface area contributed by atoms with Gasteiger partial charge in [0.05, 0.1) is 0 Å². The summed E-state index contributed by atoms with van der Waals surface area (Å²) in [5.74, 6) is 3.06. The van der Waals surface area contributed by atoms with E-state index in [-0.39, 0.29) is 5.56 Å². The molecule has 0 radical (unpaired) electrons. The van der Waals surface area contributed by atoms with Crippen LogP contribution < -0.4 is 11.6 Å². The summed E-state index contributed by atoms with van der Waals surface area (Å²) in [6.07, 6.45) is 0. The van der Waals surface area contributed by atoms with Crippen LogP contribution in [0.2, 0.25) is 0 Å². The number of amides is 1. The van der Waals surface area contributed by atoms with E-state index in [1.165, 1.54) is 7.05 Å². The first-order chi connectivity index (χ1) is 6.93. The maximum Gasteiger partial charge on any atom is 0.257 e. The number of halogens is 2. The van der Waals surface area contributed by atoms with Crippen LogP contribution in [-0.2, 0) is 4.79 Å². The monoisotopic (exact) mass is 215 g/mol. The average Bonchev–Trinajstić information content (AvgIpc) is 2.19. The maximum absolute atomic E-state index is 13.2. The fourth-order valence-electron chi connectivity index (χ4n) is 1.11. The molecule has 0 fully saturated rings. The van der Waals surface area contributed by atoms with Crippen molar-refractivity contribution in [1.82, 2.24) is 5.01 Å². The Morgan fingerprint density at radius 2 is 2.07 bits per heavy atom. The Kier molecular flexibility index (Phi) is 3.33. The lowest BCUT2D eigenvalue weighted by Gasteiger charge is -2.16. The SMILES string of the molecule is CN(N)C(=O)C(N)c1cc(F)ccc1F. The van der Waals surface area contributed by atoms with Gasteiger partial charge in [0.1, 0.15) is 17.7 Å². The third-order valence-electron chi connectivity index (χ3n) is 1.91. The second-order valence-corrected chi connectivity index (χ2v) is 3.09. The summed E-state index contributed by atoms with van der Waals surface area (Å²) >= 11 is 0. The van der Waals surface area contributed by atoms with Crippen LogP contribution in [0.4, 0.5) is 8.78 Å². The minimum absolute atomic E-state index is 0.211. The fraction of sp³-hybridized carbons (Fsp3) is 0.222. The van der Waals surface area contributed by atoms with Gasteiger partial charge in [-0.1, -0.05) is 0 Å². The number of hydrogen-bond acceptors (Lipinski definition) is 3. The topological polar surface area (TPSA) is 72.3 Å². The molecule has 0 spiro atoms. The summed E-state index contributed by atoms with van der Waals surface area (Å²) in [4.78, 5) is 11.3. The highest BCUT2D eigenvalue weighted by Gasteiger charge is 2.21. The minimum Gasteiger partial charge on any atom is -0.316 e. The maximum atomic E-state index is 13.2. The highest BCUT2D eigenvalue weighted by Crippen LogP contribution is 2.17. The Bertz CT molecular complexity index is 382. The lowest BCUT2D eigenvalue weighted by Crippen LogP contribution is -2.40. The molecule has 0 aliphatic carbocycles. The molecule has 0 aliphatic heterocycles. The van der Waals surface area contributed by atoms with Crippen molar-refractivity contribution in [2.45, 2.75) is 6.04 Å². The number of hydrogen-bond donors (Lipinski definition) is 2. The molecule has 0 saturated heterocycles. The van der Waals surface area contributed by atoms with E-state index in [1.54, 1.807) is 0 Å². The minimum atomic E-state index is -1.30. The van der Waals surface area contributed by atoms with Crippen molar-refractivity contribution < 1.29 is 13.6 Å². The average molecular weight is 215 g/mol. The Morgan fingerprint density at radius 1 is 1.47 bits per heavy atom. The summed E-state index contributed by atoms with van der Waals surface area (Å²) in [6.45, 7) is 0. The molecular weight excluding hydrogens is 204 g/mol. The van der Waals surface area contributed by atoms with Crippen LogP contribution in [0.5, 0.6) is 0 Å². The molecule has 1 rings (SSSR count). The number of hydrazine groups is 1. The smallest absolute Gasteiger partial charge is 0.257 e. The van der Waals surface area contributed by atoms with Crippen LogP contribution >= 0.6 is 0 Å². The molecule has 1 aromatic rings. The third-order valence-corrected chi connectivity index (χ3v) is 1.91. The summed E-state index contributed by atoms with van der Waals surface area (Å²) in [5.41, 5.74) is 5.22. The van der Waals surface area contributed by atoms with Crippen molar-refractivity contribution in [3.05, 3.63) is 35.4 Å². The number of carbonyl (C=O) groups is 1. The molecule has 1 aromatic carbocycles. The van der Waals surface area contributed by atoms with Gasteiger partial charge in [0.2, 0.25) is 0 Å². The molecule has 0 aliphatic rings. The van der Waals surface area contributed by atoms with Gasteiger partial charge in [-0.3, -0.25) is 9.80 Å². The molecule has 0 heterocycles. The van der Waals surface area contributed by atoms with Gasteiger partial charge in [-0.2, -0.15) is 0 Å².